The molecule has 19 heavy (non-hydrogen) atoms. The molecule has 1 saturated heterocycles. The second-order valence-corrected chi connectivity index (χ2v) is 5.50. The van der Waals surface area contributed by atoms with Crippen molar-refractivity contribution in [3.05, 3.63) is 16.4 Å². The number of likely N-dealkylation sites (N-methyl/N-ethyl adjacent to an activating group) is 1. The van der Waals surface area contributed by atoms with Crippen molar-refractivity contribution in [1.82, 2.24) is 20.1 Å². The minimum absolute atomic E-state index is 0.0232. The molecular formula is C12H22ClN5O. The van der Waals surface area contributed by atoms with Crippen LogP contribution in [0.15, 0.2) is 0 Å². The molecule has 0 bridgehead atoms. The Labute approximate surface area is 118 Å². The van der Waals surface area contributed by atoms with Crippen LogP contribution in [0.4, 0.5) is 0 Å². The van der Waals surface area contributed by atoms with Gasteiger partial charge < -0.3 is 9.64 Å². The number of halogens is 1. The summed E-state index contributed by atoms with van der Waals surface area (Å²) in [4.78, 5) is 2.24. The number of nitrogens with two attached hydrogens (primary N) is 1. The summed E-state index contributed by atoms with van der Waals surface area (Å²) in [5, 5.41) is 5.04. The molecule has 0 aliphatic carbocycles. The number of nitrogens with one attached hydrogen (secondary N) is 1. The molecule has 0 saturated carbocycles. The first-order valence-corrected chi connectivity index (χ1v) is 6.85. The van der Waals surface area contributed by atoms with Gasteiger partial charge in [0, 0.05) is 26.6 Å². The topological polar surface area (TPSA) is 68.3 Å². The third kappa shape index (κ3) is 3.27. The van der Waals surface area contributed by atoms with E-state index in [1.807, 2.05) is 18.7 Å². The molecule has 1 aliphatic rings. The average Bonchev–Trinajstić information content (AvgIpc) is 2.61. The third-order valence-electron chi connectivity index (χ3n) is 3.63. The molecule has 7 heteroatoms. The van der Waals surface area contributed by atoms with E-state index in [2.05, 4.69) is 22.5 Å². The van der Waals surface area contributed by atoms with Gasteiger partial charge in [-0.05, 0) is 14.0 Å². The molecule has 108 valence electrons. The molecule has 0 aromatic carbocycles. The van der Waals surface area contributed by atoms with Gasteiger partial charge in [-0.25, -0.2) is 0 Å². The number of hydrogen-bond acceptors (Lipinski definition) is 5. The maximum Gasteiger partial charge on any atom is 0.0872 e. The van der Waals surface area contributed by atoms with E-state index >= 15 is 0 Å². The highest BCUT2D eigenvalue weighted by Gasteiger charge is 2.28. The second-order valence-electron chi connectivity index (χ2n) is 5.12. The molecular weight excluding hydrogens is 266 g/mol. The smallest absolute Gasteiger partial charge is 0.0872 e. The van der Waals surface area contributed by atoms with E-state index in [1.54, 1.807) is 0 Å². The number of aryl methyl sites for hydroxylation is 2. The van der Waals surface area contributed by atoms with E-state index in [1.165, 1.54) is 0 Å². The molecule has 1 aromatic heterocycles. The number of aromatic nitrogens is 2. The molecule has 0 spiro atoms. The molecule has 0 amide bonds. The Hall–Kier alpha value is -0.660. The monoisotopic (exact) mass is 287 g/mol. The Kier molecular flexibility index (Phi) is 4.81. The normalized spacial score (nSPS) is 22.7. The maximum atomic E-state index is 6.28. The van der Waals surface area contributed by atoms with E-state index in [9.17, 15) is 0 Å². The summed E-state index contributed by atoms with van der Waals surface area (Å²) < 4.78 is 7.62. The first kappa shape index (κ1) is 14.7. The molecule has 6 nitrogen and oxygen atoms in total. The maximum absolute atomic E-state index is 6.28. The van der Waals surface area contributed by atoms with Crippen molar-refractivity contribution in [3.63, 3.8) is 0 Å². The van der Waals surface area contributed by atoms with E-state index in [0.717, 1.165) is 31.1 Å². The van der Waals surface area contributed by atoms with E-state index in [4.69, 9.17) is 22.2 Å². The van der Waals surface area contributed by atoms with Gasteiger partial charge >= 0.3 is 0 Å². The fourth-order valence-electron chi connectivity index (χ4n) is 2.46. The largest absolute Gasteiger partial charge is 0.374 e. The van der Waals surface area contributed by atoms with Gasteiger partial charge in [0.2, 0.25) is 0 Å². The van der Waals surface area contributed by atoms with Crippen molar-refractivity contribution in [2.45, 2.75) is 25.5 Å². The van der Waals surface area contributed by atoms with Crippen molar-refractivity contribution in [2.24, 2.45) is 12.9 Å². The van der Waals surface area contributed by atoms with Gasteiger partial charge in [-0.15, -0.1) is 0 Å². The Morgan fingerprint density at radius 2 is 2.32 bits per heavy atom. The Balaban J connectivity index is 2.10. The van der Waals surface area contributed by atoms with Crippen LogP contribution in [-0.2, 0) is 18.2 Å². The van der Waals surface area contributed by atoms with Gasteiger partial charge in [0.15, 0.2) is 0 Å². The number of ether oxygens (including phenoxy) is 1. The minimum Gasteiger partial charge on any atom is -0.374 e. The van der Waals surface area contributed by atoms with Crippen LogP contribution >= 0.6 is 11.6 Å². The van der Waals surface area contributed by atoms with Crippen molar-refractivity contribution in [1.29, 1.82) is 0 Å². The average molecular weight is 288 g/mol. The zero-order chi connectivity index (χ0) is 14.0. The van der Waals surface area contributed by atoms with Crippen molar-refractivity contribution < 1.29 is 4.74 Å². The fraction of sp³-hybridized carbons (Fsp3) is 0.750. The van der Waals surface area contributed by atoms with Crippen LogP contribution in [0.5, 0.6) is 0 Å². The number of hydrazine groups is 1. The molecule has 2 rings (SSSR count). The quantitative estimate of drug-likeness (QED) is 0.607. The van der Waals surface area contributed by atoms with Gasteiger partial charge in [-0.2, -0.15) is 5.10 Å². The van der Waals surface area contributed by atoms with Gasteiger partial charge in [0.25, 0.3) is 0 Å². The number of hydrogen-bond donors (Lipinski definition) is 2. The molecule has 3 N–H and O–H groups in total. The van der Waals surface area contributed by atoms with Crippen LogP contribution < -0.4 is 11.3 Å². The number of rotatable bonds is 4. The van der Waals surface area contributed by atoms with Crippen LogP contribution in [0, 0.1) is 6.92 Å². The Bertz CT molecular complexity index is 436. The van der Waals surface area contributed by atoms with Gasteiger partial charge in [-0.3, -0.25) is 16.0 Å². The van der Waals surface area contributed by atoms with Crippen LogP contribution in [0.1, 0.15) is 11.4 Å². The van der Waals surface area contributed by atoms with Crippen molar-refractivity contribution in [2.75, 3.05) is 26.7 Å². The summed E-state index contributed by atoms with van der Waals surface area (Å²) in [6, 6.07) is 0.0232. The van der Waals surface area contributed by atoms with Gasteiger partial charge in [0.1, 0.15) is 0 Å². The third-order valence-corrected chi connectivity index (χ3v) is 4.13. The van der Waals surface area contributed by atoms with E-state index in [-0.39, 0.29) is 12.1 Å². The van der Waals surface area contributed by atoms with Crippen LogP contribution in [0.2, 0.25) is 5.02 Å². The molecule has 2 unspecified atom stereocenters. The van der Waals surface area contributed by atoms with Gasteiger partial charge in [0.05, 0.1) is 35.2 Å². The molecule has 1 aliphatic heterocycles. The van der Waals surface area contributed by atoms with Crippen LogP contribution in [0.3, 0.4) is 0 Å². The first-order chi connectivity index (χ1) is 9.02. The van der Waals surface area contributed by atoms with Crippen LogP contribution in [-0.4, -0.2) is 53.6 Å². The second kappa shape index (κ2) is 6.19. The highest BCUT2D eigenvalue weighted by atomic mass is 35.5. The lowest BCUT2D eigenvalue weighted by Gasteiger charge is -2.34. The van der Waals surface area contributed by atoms with E-state index < -0.39 is 0 Å². The first-order valence-electron chi connectivity index (χ1n) is 6.47. The lowest BCUT2D eigenvalue weighted by Crippen LogP contribution is -2.54. The molecule has 1 aromatic rings. The number of nitrogens with zero attached hydrogens (tertiary/aromatic N) is 3. The fourth-order valence-corrected chi connectivity index (χ4v) is 2.70. The summed E-state index contributed by atoms with van der Waals surface area (Å²) in [5.74, 6) is 5.68. The van der Waals surface area contributed by atoms with E-state index in [0.29, 0.717) is 11.4 Å². The van der Waals surface area contributed by atoms with Crippen molar-refractivity contribution >= 4 is 11.6 Å². The summed E-state index contributed by atoms with van der Waals surface area (Å²) in [6.07, 6.45) is 0.764. The Morgan fingerprint density at radius 3 is 2.84 bits per heavy atom. The standard InChI is InChI=1S/C12H22ClN5O/c1-8-12(13)10(18(3)16-8)6-9(15-14)11-7-17(2)4-5-19-11/h9,11,15H,4-7,14H2,1-3H3. The zero-order valence-electron chi connectivity index (χ0n) is 11.7. The van der Waals surface area contributed by atoms with Crippen molar-refractivity contribution in [3.8, 4) is 0 Å². The molecule has 0 radical (unpaired) electrons. The Morgan fingerprint density at radius 1 is 1.58 bits per heavy atom. The summed E-state index contributed by atoms with van der Waals surface area (Å²) in [6.45, 7) is 4.46. The summed E-state index contributed by atoms with van der Waals surface area (Å²) in [5.41, 5.74) is 4.68. The highest BCUT2D eigenvalue weighted by molar-refractivity contribution is 6.31. The SMILES string of the molecule is Cc1nn(C)c(CC(NN)C2CN(C)CCO2)c1Cl. The minimum atomic E-state index is 0.0232. The molecule has 2 heterocycles. The zero-order valence-corrected chi connectivity index (χ0v) is 12.4. The predicted octanol–water partition coefficient (Wildman–Crippen LogP) is 0.0869. The number of morpholine rings is 1. The summed E-state index contributed by atoms with van der Waals surface area (Å²) in [7, 11) is 3.99. The van der Waals surface area contributed by atoms with Gasteiger partial charge in [-0.1, -0.05) is 11.6 Å². The lowest BCUT2D eigenvalue weighted by atomic mass is 10.0. The molecule has 2 atom stereocenters. The summed E-state index contributed by atoms with van der Waals surface area (Å²) >= 11 is 6.28. The highest BCUT2D eigenvalue weighted by Crippen LogP contribution is 2.22. The predicted molar refractivity (Wildman–Crippen MR) is 75.0 cm³/mol. The lowest BCUT2D eigenvalue weighted by molar-refractivity contribution is -0.0387. The van der Waals surface area contributed by atoms with Crippen LogP contribution in [0.25, 0.3) is 0 Å². The molecule has 1 fully saturated rings.